The highest BCUT2D eigenvalue weighted by Crippen LogP contribution is 2.28. The van der Waals surface area contributed by atoms with Crippen molar-refractivity contribution in [2.45, 2.75) is 31.0 Å². The van der Waals surface area contributed by atoms with Crippen LogP contribution in [0.5, 0.6) is 0 Å². The average molecular weight is 401 g/mol. The van der Waals surface area contributed by atoms with Crippen molar-refractivity contribution in [1.29, 1.82) is 0 Å². The molecule has 0 saturated carbocycles. The Morgan fingerprint density at radius 3 is 2.68 bits per heavy atom. The number of benzene rings is 1. The third kappa shape index (κ3) is 3.83. The predicted molar refractivity (Wildman–Crippen MR) is 107 cm³/mol. The Bertz CT molecular complexity index is 831. The normalized spacial score (nSPS) is 25.0. The number of ether oxygens (including phenoxy) is 2. The molecule has 2 aromatic rings. The Balaban J connectivity index is 1.51. The van der Waals surface area contributed by atoms with Crippen LogP contribution in [0.1, 0.15) is 18.4 Å². The number of hydrogen-bond acceptors (Lipinski definition) is 5. The van der Waals surface area contributed by atoms with E-state index in [1.807, 2.05) is 35.7 Å². The molecule has 2 aliphatic heterocycles. The molecule has 2 N–H and O–H groups in total. The summed E-state index contributed by atoms with van der Waals surface area (Å²) in [6.45, 7) is 1.51. The summed E-state index contributed by atoms with van der Waals surface area (Å²) in [5, 5.41) is 2.04. The molecule has 28 heavy (non-hydrogen) atoms. The van der Waals surface area contributed by atoms with Crippen LogP contribution in [0.25, 0.3) is 10.4 Å². The quantitative estimate of drug-likeness (QED) is 0.834. The number of carbonyl (C=O) groups excluding carboxylic acids is 2. The van der Waals surface area contributed by atoms with E-state index in [-0.39, 0.29) is 19.1 Å². The first kappa shape index (κ1) is 19.1. The number of primary amides is 1. The van der Waals surface area contributed by atoms with Crippen LogP contribution in [0.4, 0.5) is 0 Å². The molecule has 2 atom stereocenters. The molecule has 6 nitrogen and oxygen atoms in total. The lowest BCUT2D eigenvalue weighted by Crippen LogP contribution is -2.62. The second-order valence-corrected chi connectivity index (χ2v) is 8.27. The molecule has 148 valence electrons. The van der Waals surface area contributed by atoms with Crippen molar-refractivity contribution < 1.29 is 19.1 Å². The van der Waals surface area contributed by atoms with Gasteiger partial charge in [0.05, 0.1) is 13.2 Å². The second-order valence-electron chi connectivity index (χ2n) is 7.32. The predicted octanol–water partition coefficient (Wildman–Crippen LogP) is 2.22. The molecule has 1 aromatic carbocycles. The van der Waals surface area contributed by atoms with Gasteiger partial charge in [-0.05, 0) is 35.4 Å². The van der Waals surface area contributed by atoms with E-state index < -0.39 is 17.6 Å². The molecular weight excluding hydrogens is 376 g/mol. The summed E-state index contributed by atoms with van der Waals surface area (Å²) in [6.07, 6.45) is 1.54. The molecule has 1 aromatic heterocycles. The topological polar surface area (TPSA) is 81.9 Å². The van der Waals surface area contributed by atoms with Crippen molar-refractivity contribution >= 4 is 23.2 Å². The molecule has 3 heterocycles. The first-order valence-electron chi connectivity index (χ1n) is 9.54. The van der Waals surface area contributed by atoms with Crippen molar-refractivity contribution in [3.63, 3.8) is 0 Å². The highest BCUT2D eigenvalue weighted by Gasteiger charge is 2.45. The van der Waals surface area contributed by atoms with Gasteiger partial charge in [-0.3, -0.25) is 9.59 Å². The van der Waals surface area contributed by atoms with Crippen LogP contribution in [0.15, 0.2) is 41.8 Å². The number of nitrogens with two attached hydrogens (primary N) is 1. The molecule has 0 spiro atoms. The Kier molecular flexibility index (Phi) is 5.48. The minimum Gasteiger partial charge on any atom is -0.368 e. The zero-order valence-electron chi connectivity index (χ0n) is 15.6. The number of thiophene rings is 1. The summed E-state index contributed by atoms with van der Waals surface area (Å²) in [7, 11) is 0. The standard InChI is InChI=1S/C21H24N2O4S/c22-20(25)21(13-15-5-7-16(8-6-15)18-4-2-12-28-18)14-23(9-11-27-21)19(24)17-3-1-10-26-17/h2,4-8,12,17H,1,3,9-11,13-14H2,(H2,22,25)/t17-,21-/m0/s1. The number of carbonyl (C=O) groups is 2. The fraction of sp³-hybridized carbons (Fsp3) is 0.429. The van der Waals surface area contributed by atoms with Gasteiger partial charge in [-0.15, -0.1) is 11.3 Å². The maximum absolute atomic E-state index is 12.7. The fourth-order valence-electron chi connectivity index (χ4n) is 3.85. The van der Waals surface area contributed by atoms with E-state index in [0.717, 1.165) is 24.0 Å². The van der Waals surface area contributed by atoms with E-state index in [2.05, 4.69) is 6.07 Å². The molecule has 2 aliphatic rings. The molecule has 7 heteroatoms. The van der Waals surface area contributed by atoms with Gasteiger partial charge in [-0.2, -0.15) is 0 Å². The molecular formula is C21H24N2O4S. The summed E-state index contributed by atoms with van der Waals surface area (Å²) in [5.74, 6) is -0.612. The van der Waals surface area contributed by atoms with E-state index in [9.17, 15) is 9.59 Å². The van der Waals surface area contributed by atoms with Gasteiger partial charge in [0, 0.05) is 24.4 Å². The van der Waals surface area contributed by atoms with Crippen molar-refractivity contribution in [3.8, 4) is 10.4 Å². The summed E-state index contributed by atoms with van der Waals surface area (Å²) in [5.41, 5.74) is 6.61. The lowest BCUT2D eigenvalue weighted by Gasteiger charge is -2.41. The van der Waals surface area contributed by atoms with Gasteiger partial charge in [0.1, 0.15) is 6.10 Å². The smallest absolute Gasteiger partial charge is 0.251 e. The van der Waals surface area contributed by atoms with Crippen LogP contribution in [-0.2, 0) is 25.5 Å². The van der Waals surface area contributed by atoms with E-state index in [4.69, 9.17) is 15.2 Å². The van der Waals surface area contributed by atoms with Crippen LogP contribution in [0.3, 0.4) is 0 Å². The zero-order chi connectivity index (χ0) is 19.6. The molecule has 4 rings (SSSR count). The summed E-state index contributed by atoms with van der Waals surface area (Å²) in [4.78, 5) is 28.0. The zero-order valence-corrected chi connectivity index (χ0v) is 16.5. The molecule has 0 bridgehead atoms. The average Bonchev–Trinajstić information content (AvgIpc) is 3.42. The first-order chi connectivity index (χ1) is 13.6. The summed E-state index contributed by atoms with van der Waals surface area (Å²) >= 11 is 1.68. The number of hydrogen-bond donors (Lipinski definition) is 1. The number of morpholine rings is 1. The molecule has 2 saturated heterocycles. The second kappa shape index (κ2) is 8.03. The minimum absolute atomic E-state index is 0.0699. The van der Waals surface area contributed by atoms with Crippen molar-refractivity contribution in [1.82, 2.24) is 4.90 Å². The maximum Gasteiger partial charge on any atom is 0.251 e. The Morgan fingerprint density at radius 2 is 2.04 bits per heavy atom. The van der Waals surface area contributed by atoms with Gasteiger partial charge in [0.15, 0.2) is 5.60 Å². The third-order valence-corrected chi connectivity index (χ3v) is 6.32. The van der Waals surface area contributed by atoms with Crippen LogP contribution >= 0.6 is 11.3 Å². The lowest BCUT2D eigenvalue weighted by atomic mass is 9.91. The van der Waals surface area contributed by atoms with Crippen molar-refractivity contribution in [2.24, 2.45) is 5.73 Å². The summed E-state index contributed by atoms with van der Waals surface area (Å²) < 4.78 is 11.4. The van der Waals surface area contributed by atoms with E-state index in [0.29, 0.717) is 19.6 Å². The van der Waals surface area contributed by atoms with Gasteiger partial charge in [-0.1, -0.05) is 30.3 Å². The molecule has 2 fully saturated rings. The van der Waals surface area contributed by atoms with Gasteiger partial charge >= 0.3 is 0 Å². The van der Waals surface area contributed by atoms with Crippen LogP contribution in [-0.4, -0.2) is 54.7 Å². The highest BCUT2D eigenvalue weighted by molar-refractivity contribution is 7.13. The van der Waals surface area contributed by atoms with E-state index >= 15 is 0 Å². The Hall–Kier alpha value is -2.22. The number of nitrogens with zero attached hydrogens (tertiary/aromatic N) is 1. The van der Waals surface area contributed by atoms with Gasteiger partial charge in [0.2, 0.25) is 0 Å². The largest absolute Gasteiger partial charge is 0.368 e. The minimum atomic E-state index is -1.21. The highest BCUT2D eigenvalue weighted by atomic mass is 32.1. The summed E-state index contributed by atoms with van der Waals surface area (Å²) in [6, 6.07) is 12.1. The number of amides is 2. The van der Waals surface area contributed by atoms with Crippen LogP contribution < -0.4 is 5.73 Å². The van der Waals surface area contributed by atoms with Gasteiger partial charge < -0.3 is 20.1 Å². The van der Waals surface area contributed by atoms with Crippen LogP contribution in [0.2, 0.25) is 0 Å². The molecule has 2 amide bonds. The monoisotopic (exact) mass is 400 g/mol. The number of rotatable bonds is 5. The van der Waals surface area contributed by atoms with Crippen molar-refractivity contribution in [2.75, 3.05) is 26.3 Å². The third-order valence-electron chi connectivity index (χ3n) is 5.40. The molecule has 0 radical (unpaired) electrons. The lowest BCUT2D eigenvalue weighted by molar-refractivity contribution is -0.167. The Labute approximate surface area is 168 Å². The Morgan fingerprint density at radius 1 is 1.21 bits per heavy atom. The molecule has 0 unspecified atom stereocenters. The maximum atomic E-state index is 12.7. The SMILES string of the molecule is NC(=O)[C@]1(Cc2ccc(-c3cccs3)cc2)CN(C(=O)[C@@H]2CCCO2)CCO1. The van der Waals surface area contributed by atoms with Crippen LogP contribution in [0, 0.1) is 0 Å². The van der Waals surface area contributed by atoms with E-state index in [1.165, 1.54) is 4.88 Å². The van der Waals surface area contributed by atoms with Crippen molar-refractivity contribution in [3.05, 3.63) is 47.3 Å². The fourth-order valence-corrected chi connectivity index (χ4v) is 4.58. The first-order valence-corrected chi connectivity index (χ1v) is 10.4. The molecule has 0 aliphatic carbocycles. The van der Waals surface area contributed by atoms with Gasteiger partial charge in [-0.25, -0.2) is 0 Å². The van der Waals surface area contributed by atoms with Gasteiger partial charge in [0.25, 0.3) is 11.8 Å². The van der Waals surface area contributed by atoms with E-state index in [1.54, 1.807) is 16.2 Å².